The van der Waals surface area contributed by atoms with Crippen LogP contribution < -0.4 is 5.32 Å². The fraction of sp³-hybridized carbons (Fsp3) is 0.571. The highest BCUT2D eigenvalue weighted by Crippen LogP contribution is 2.42. The zero-order chi connectivity index (χ0) is 11.9. The highest BCUT2D eigenvalue weighted by atomic mass is 15.0. The van der Waals surface area contributed by atoms with E-state index in [1.165, 1.54) is 12.8 Å². The van der Waals surface area contributed by atoms with Gasteiger partial charge in [-0.2, -0.15) is 5.26 Å². The summed E-state index contributed by atoms with van der Waals surface area (Å²) in [4.78, 5) is 4.49. The van der Waals surface area contributed by atoms with Gasteiger partial charge in [-0.25, -0.2) is 0 Å². The maximum absolute atomic E-state index is 9.66. The number of hydrogen-bond acceptors (Lipinski definition) is 3. The van der Waals surface area contributed by atoms with Crippen molar-refractivity contribution in [3.63, 3.8) is 0 Å². The molecule has 17 heavy (non-hydrogen) atoms. The maximum atomic E-state index is 9.66. The van der Waals surface area contributed by atoms with Crippen LogP contribution >= 0.6 is 0 Å². The number of aryl methyl sites for hydroxylation is 1. The largest absolute Gasteiger partial charge is 0.311 e. The lowest BCUT2D eigenvalue weighted by Gasteiger charge is -2.36. The van der Waals surface area contributed by atoms with E-state index in [4.69, 9.17) is 0 Å². The number of nitrogens with zero attached hydrogens (tertiary/aromatic N) is 2. The Balaban J connectivity index is 2.04. The van der Waals surface area contributed by atoms with Gasteiger partial charge in [0, 0.05) is 18.3 Å². The monoisotopic (exact) mass is 227 g/mol. The molecule has 3 nitrogen and oxygen atoms in total. The molecule has 3 heterocycles. The quantitative estimate of drug-likeness (QED) is 0.799. The Hall–Kier alpha value is -1.40. The van der Waals surface area contributed by atoms with Gasteiger partial charge in [0.05, 0.1) is 11.8 Å². The molecular weight excluding hydrogens is 210 g/mol. The third kappa shape index (κ3) is 1.64. The van der Waals surface area contributed by atoms with Crippen molar-refractivity contribution in [1.82, 2.24) is 10.3 Å². The van der Waals surface area contributed by atoms with Crippen LogP contribution in [0.1, 0.15) is 36.9 Å². The first kappa shape index (κ1) is 10.7. The Kier molecular flexibility index (Phi) is 2.41. The summed E-state index contributed by atoms with van der Waals surface area (Å²) in [5, 5.41) is 13.3. The van der Waals surface area contributed by atoms with Crippen molar-refractivity contribution < 1.29 is 0 Å². The van der Waals surface area contributed by atoms with Crippen LogP contribution in [0.25, 0.3) is 0 Å². The van der Waals surface area contributed by atoms with Gasteiger partial charge in [-0.3, -0.25) is 4.98 Å². The summed E-state index contributed by atoms with van der Waals surface area (Å²) in [6.07, 6.45) is 6.06. The molecule has 2 bridgehead atoms. The summed E-state index contributed by atoms with van der Waals surface area (Å²) in [6, 6.07) is 7.60. The molecule has 2 unspecified atom stereocenters. The number of pyridine rings is 1. The van der Waals surface area contributed by atoms with E-state index in [-0.39, 0.29) is 5.41 Å². The number of aromatic nitrogens is 1. The lowest BCUT2D eigenvalue weighted by Crippen LogP contribution is -2.46. The molecule has 2 fully saturated rings. The lowest BCUT2D eigenvalue weighted by atomic mass is 9.73. The van der Waals surface area contributed by atoms with Gasteiger partial charge in [0.1, 0.15) is 5.41 Å². The molecule has 0 spiro atoms. The topological polar surface area (TPSA) is 48.7 Å². The average molecular weight is 227 g/mol. The van der Waals surface area contributed by atoms with Gasteiger partial charge >= 0.3 is 0 Å². The van der Waals surface area contributed by atoms with E-state index < -0.39 is 0 Å². The Morgan fingerprint density at radius 2 is 2.12 bits per heavy atom. The zero-order valence-electron chi connectivity index (χ0n) is 10.1. The summed E-state index contributed by atoms with van der Waals surface area (Å²) < 4.78 is 0. The zero-order valence-corrected chi connectivity index (χ0v) is 10.1. The van der Waals surface area contributed by atoms with Crippen LogP contribution in [0.3, 0.4) is 0 Å². The van der Waals surface area contributed by atoms with Crippen molar-refractivity contribution in [1.29, 1.82) is 5.26 Å². The van der Waals surface area contributed by atoms with E-state index in [9.17, 15) is 5.26 Å². The van der Waals surface area contributed by atoms with E-state index in [2.05, 4.69) is 29.4 Å². The van der Waals surface area contributed by atoms with Gasteiger partial charge < -0.3 is 5.32 Å². The fourth-order valence-electron chi connectivity index (χ4n) is 3.47. The van der Waals surface area contributed by atoms with Gasteiger partial charge in [-0.05, 0) is 44.2 Å². The minimum absolute atomic E-state index is 0.359. The molecule has 0 amide bonds. The predicted molar refractivity (Wildman–Crippen MR) is 65.4 cm³/mol. The Morgan fingerprint density at radius 1 is 1.41 bits per heavy atom. The first-order valence-corrected chi connectivity index (χ1v) is 6.33. The molecule has 1 N–H and O–H groups in total. The number of piperidine rings is 1. The molecule has 0 saturated carbocycles. The van der Waals surface area contributed by atoms with Crippen molar-refractivity contribution in [2.24, 2.45) is 0 Å². The normalized spacial score (nSPS) is 35.5. The second-order valence-corrected chi connectivity index (χ2v) is 5.41. The first-order valence-electron chi connectivity index (χ1n) is 6.33. The third-order valence-corrected chi connectivity index (χ3v) is 4.20. The van der Waals surface area contributed by atoms with E-state index in [0.29, 0.717) is 12.1 Å². The summed E-state index contributed by atoms with van der Waals surface area (Å²) in [5.41, 5.74) is 1.79. The summed E-state index contributed by atoms with van der Waals surface area (Å²) in [5.74, 6) is 0. The summed E-state index contributed by atoms with van der Waals surface area (Å²) >= 11 is 0. The first-order chi connectivity index (χ1) is 8.23. The summed E-state index contributed by atoms with van der Waals surface area (Å²) in [7, 11) is 0. The fourth-order valence-corrected chi connectivity index (χ4v) is 3.47. The number of nitrogens with one attached hydrogen (secondary N) is 1. The molecule has 88 valence electrons. The smallest absolute Gasteiger partial charge is 0.102 e. The van der Waals surface area contributed by atoms with Crippen LogP contribution in [-0.4, -0.2) is 17.1 Å². The van der Waals surface area contributed by atoms with Gasteiger partial charge in [0.15, 0.2) is 0 Å². The van der Waals surface area contributed by atoms with Gasteiger partial charge in [-0.1, -0.05) is 6.07 Å². The highest BCUT2D eigenvalue weighted by molar-refractivity contribution is 5.35. The van der Waals surface area contributed by atoms with Gasteiger partial charge in [0.25, 0.3) is 0 Å². The van der Waals surface area contributed by atoms with Gasteiger partial charge in [-0.15, -0.1) is 0 Å². The number of fused-ring (bicyclic) bond motifs is 2. The SMILES string of the molecule is Cc1cccnc1C1(C#N)CC2CCC(C1)N2. The molecule has 2 aliphatic heterocycles. The van der Waals surface area contributed by atoms with Crippen molar-refractivity contribution in [2.45, 2.75) is 50.1 Å². The molecule has 3 heteroatoms. The van der Waals surface area contributed by atoms with Crippen LogP contribution in [-0.2, 0) is 5.41 Å². The molecule has 2 saturated heterocycles. The van der Waals surface area contributed by atoms with Crippen molar-refractivity contribution in [2.75, 3.05) is 0 Å². The molecular formula is C14H17N3. The molecule has 2 aliphatic rings. The van der Waals surface area contributed by atoms with Crippen LogP contribution in [0.2, 0.25) is 0 Å². The molecule has 1 aromatic rings. The molecule has 0 radical (unpaired) electrons. The van der Waals surface area contributed by atoms with Crippen LogP contribution in [0, 0.1) is 18.3 Å². The molecule has 2 atom stereocenters. The standard InChI is InChI=1S/C14H17N3/c1-10-3-2-6-16-13(10)14(9-15)7-11-4-5-12(8-14)17-11/h2-3,6,11-12,17H,4-5,7-8H2,1H3. The van der Waals surface area contributed by atoms with Crippen LogP contribution in [0.15, 0.2) is 18.3 Å². The molecule has 3 rings (SSSR count). The van der Waals surface area contributed by atoms with Crippen LogP contribution in [0.4, 0.5) is 0 Å². The minimum atomic E-state index is -0.359. The third-order valence-electron chi connectivity index (χ3n) is 4.20. The van der Waals surface area contributed by atoms with Crippen molar-refractivity contribution in [3.8, 4) is 6.07 Å². The van der Waals surface area contributed by atoms with Crippen molar-refractivity contribution in [3.05, 3.63) is 29.6 Å². The minimum Gasteiger partial charge on any atom is -0.311 e. The lowest BCUT2D eigenvalue weighted by molar-refractivity contribution is 0.298. The molecule has 0 aliphatic carbocycles. The Bertz CT molecular complexity index is 463. The Morgan fingerprint density at radius 3 is 2.71 bits per heavy atom. The highest BCUT2D eigenvalue weighted by Gasteiger charge is 2.46. The Labute approximate surface area is 102 Å². The van der Waals surface area contributed by atoms with E-state index in [1.807, 2.05) is 12.3 Å². The van der Waals surface area contributed by atoms with E-state index in [0.717, 1.165) is 24.1 Å². The summed E-state index contributed by atoms with van der Waals surface area (Å²) in [6.45, 7) is 2.06. The van der Waals surface area contributed by atoms with E-state index in [1.54, 1.807) is 0 Å². The molecule has 1 aromatic heterocycles. The second kappa shape index (κ2) is 3.82. The maximum Gasteiger partial charge on any atom is 0.102 e. The van der Waals surface area contributed by atoms with Crippen molar-refractivity contribution >= 4 is 0 Å². The number of nitriles is 1. The number of hydrogen-bond donors (Lipinski definition) is 1. The average Bonchev–Trinajstić information content (AvgIpc) is 2.69. The van der Waals surface area contributed by atoms with Crippen LogP contribution in [0.5, 0.6) is 0 Å². The second-order valence-electron chi connectivity index (χ2n) is 5.41. The van der Waals surface area contributed by atoms with Gasteiger partial charge in [0.2, 0.25) is 0 Å². The number of rotatable bonds is 1. The predicted octanol–water partition coefficient (Wildman–Crippen LogP) is 2.07. The van der Waals surface area contributed by atoms with E-state index >= 15 is 0 Å². The molecule has 0 aromatic carbocycles.